The first kappa shape index (κ1) is 15.6. The molecule has 23 heavy (non-hydrogen) atoms. The molecule has 0 N–H and O–H groups in total. The number of halogens is 1. The summed E-state index contributed by atoms with van der Waals surface area (Å²) in [6.07, 6.45) is 1.42. The van der Waals surface area contributed by atoms with Gasteiger partial charge in [-0.2, -0.15) is 0 Å². The molecule has 1 atom stereocenters. The molecule has 0 bridgehead atoms. The lowest BCUT2D eigenvalue weighted by atomic mass is 10.0. The number of carbonyl (C=O) groups excluding carboxylic acids is 1. The van der Waals surface area contributed by atoms with E-state index < -0.39 is 6.04 Å². The standard InChI is InChI=1S/C17H15FN2O2S/c1-9(10(2)21)20-8-19-16-15(17(20)22)14(11(3)23-16)12-4-6-13(18)7-5-12/h4-9H,1-3H3/t9-/m1/s1. The summed E-state index contributed by atoms with van der Waals surface area (Å²) in [4.78, 5) is 30.3. The third-order valence-electron chi connectivity index (χ3n) is 3.95. The number of hydrogen-bond donors (Lipinski definition) is 0. The maximum atomic E-state index is 13.2. The van der Waals surface area contributed by atoms with Gasteiger partial charge in [0, 0.05) is 10.4 Å². The molecule has 0 saturated heterocycles. The van der Waals surface area contributed by atoms with Gasteiger partial charge in [0.15, 0.2) is 5.78 Å². The number of aryl methyl sites for hydroxylation is 1. The number of nitrogens with zero attached hydrogens (tertiary/aromatic N) is 2. The van der Waals surface area contributed by atoms with Gasteiger partial charge >= 0.3 is 0 Å². The van der Waals surface area contributed by atoms with Gasteiger partial charge in [-0.05, 0) is 38.5 Å². The van der Waals surface area contributed by atoms with Gasteiger partial charge in [-0.15, -0.1) is 11.3 Å². The van der Waals surface area contributed by atoms with Crippen LogP contribution in [0.25, 0.3) is 21.3 Å². The Labute approximate surface area is 136 Å². The van der Waals surface area contributed by atoms with Crippen molar-refractivity contribution in [1.29, 1.82) is 0 Å². The van der Waals surface area contributed by atoms with Crippen LogP contribution in [0.2, 0.25) is 0 Å². The highest BCUT2D eigenvalue weighted by molar-refractivity contribution is 7.19. The summed E-state index contributed by atoms with van der Waals surface area (Å²) in [5, 5.41) is 0.481. The van der Waals surface area contributed by atoms with E-state index in [-0.39, 0.29) is 17.2 Å². The van der Waals surface area contributed by atoms with E-state index in [0.29, 0.717) is 10.2 Å². The van der Waals surface area contributed by atoms with Crippen molar-refractivity contribution in [3.63, 3.8) is 0 Å². The number of rotatable bonds is 3. The van der Waals surface area contributed by atoms with E-state index >= 15 is 0 Å². The highest BCUT2D eigenvalue weighted by Crippen LogP contribution is 2.35. The largest absolute Gasteiger partial charge is 0.298 e. The zero-order valence-electron chi connectivity index (χ0n) is 13.0. The highest BCUT2D eigenvalue weighted by atomic mass is 32.1. The normalized spacial score (nSPS) is 12.5. The molecule has 0 unspecified atom stereocenters. The van der Waals surface area contributed by atoms with Crippen molar-refractivity contribution in [3.05, 3.63) is 51.6 Å². The Kier molecular flexibility index (Phi) is 3.85. The van der Waals surface area contributed by atoms with Crippen LogP contribution in [0.1, 0.15) is 24.8 Å². The van der Waals surface area contributed by atoms with E-state index in [1.165, 1.54) is 41.3 Å². The highest BCUT2D eigenvalue weighted by Gasteiger charge is 2.20. The van der Waals surface area contributed by atoms with Gasteiger partial charge in [-0.1, -0.05) is 12.1 Å². The molecule has 0 aliphatic heterocycles. The monoisotopic (exact) mass is 330 g/mol. The Balaban J connectivity index is 2.32. The Bertz CT molecular complexity index is 957. The van der Waals surface area contributed by atoms with Crippen molar-refractivity contribution in [2.24, 2.45) is 0 Å². The summed E-state index contributed by atoms with van der Waals surface area (Å²) < 4.78 is 14.5. The summed E-state index contributed by atoms with van der Waals surface area (Å²) in [7, 11) is 0. The Morgan fingerprint density at radius 2 is 1.96 bits per heavy atom. The molecule has 0 spiro atoms. The average molecular weight is 330 g/mol. The quantitative estimate of drug-likeness (QED) is 0.735. The molecule has 0 saturated carbocycles. The molecule has 2 heterocycles. The predicted molar refractivity (Wildman–Crippen MR) is 89.4 cm³/mol. The summed E-state index contributed by atoms with van der Waals surface area (Å²) in [6, 6.07) is 5.46. The van der Waals surface area contributed by atoms with E-state index in [2.05, 4.69) is 4.98 Å². The number of carbonyl (C=O) groups is 1. The number of benzene rings is 1. The first-order valence-corrected chi connectivity index (χ1v) is 7.98. The minimum atomic E-state index is -0.569. The van der Waals surface area contributed by atoms with Crippen molar-refractivity contribution < 1.29 is 9.18 Å². The van der Waals surface area contributed by atoms with Gasteiger partial charge in [0.2, 0.25) is 0 Å². The smallest absolute Gasteiger partial charge is 0.263 e. The van der Waals surface area contributed by atoms with Gasteiger partial charge in [-0.25, -0.2) is 9.37 Å². The van der Waals surface area contributed by atoms with Crippen LogP contribution in [0.4, 0.5) is 4.39 Å². The fourth-order valence-corrected chi connectivity index (χ4v) is 3.55. The second-order valence-corrected chi connectivity index (χ2v) is 6.67. The Hall–Kier alpha value is -2.34. The number of ketones is 1. The zero-order chi connectivity index (χ0) is 16.7. The number of Topliss-reactive ketones (excluding diaryl/α,β-unsaturated/α-hetero) is 1. The molecular formula is C17H15FN2O2S. The second-order valence-electron chi connectivity index (χ2n) is 5.46. The molecule has 118 valence electrons. The van der Waals surface area contributed by atoms with Crippen molar-refractivity contribution >= 4 is 27.3 Å². The molecule has 1 aromatic carbocycles. The molecule has 0 radical (unpaired) electrons. The van der Waals surface area contributed by atoms with Crippen molar-refractivity contribution in [3.8, 4) is 11.1 Å². The molecule has 2 aromatic heterocycles. The lowest BCUT2D eigenvalue weighted by molar-refractivity contribution is -0.119. The first-order valence-electron chi connectivity index (χ1n) is 7.16. The van der Waals surface area contributed by atoms with E-state index in [1.54, 1.807) is 19.1 Å². The van der Waals surface area contributed by atoms with Crippen molar-refractivity contribution in [2.75, 3.05) is 0 Å². The lowest BCUT2D eigenvalue weighted by Gasteiger charge is -2.11. The molecule has 0 fully saturated rings. The molecular weight excluding hydrogens is 315 g/mol. The van der Waals surface area contributed by atoms with Crippen molar-refractivity contribution in [1.82, 2.24) is 9.55 Å². The lowest BCUT2D eigenvalue weighted by Crippen LogP contribution is -2.27. The second kappa shape index (κ2) is 5.70. The molecule has 0 aliphatic carbocycles. The number of aromatic nitrogens is 2. The van der Waals surface area contributed by atoms with Crippen LogP contribution in [0, 0.1) is 12.7 Å². The van der Waals surface area contributed by atoms with Gasteiger partial charge in [-0.3, -0.25) is 14.2 Å². The first-order chi connectivity index (χ1) is 10.9. The zero-order valence-corrected chi connectivity index (χ0v) is 13.8. The number of hydrogen-bond acceptors (Lipinski definition) is 4. The molecule has 3 rings (SSSR count). The third-order valence-corrected chi connectivity index (χ3v) is 4.97. The van der Waals surface area contributed by atoms with E-state index in [4.69, 9.17) is 0 Å². The summed E-state index contributed by atoms with van der Waals surface area (Å²) in [5.74, 6) is -0.435. The number of fused-ring (bicyclic) bond motifs is 1. The fourth-order valence-electron chi connectivity index (χ4n) is 2.55. The fraction of sp³-hybridized carbons (Fsp3) is 0.235. The minimum Gasteiger partial charge on any atom is -0.298 e. The molecule has 0 amide bonds. The molecule has 6 heteroatoms. The molecule has 4 nitrogen and oxygen atoms in total. The average Bonchev–Trinajstić information content (AvgIpc) is 2.85. The van der Waals surface area contributed by atoms with E-state index in [9.17, 15) is 14.0 Å². The summed E-state index contributed by atoms with van der Waals surface area (Å²) in [5.41, 5.74) is 1.27. The van der Waals surface area contributed by atoms with Crippen LogP contribution in [-0.4, -0.2) is 15.3 Å². The third kappa shape index (κ3) is 2.59. The summed E-state index contributed by atoms with van der Waals surface area (Å²) in [6.45, 7) is 5.03. The van der Waals surface area contributed by atoms with Crippen LogP contribution >= 0.6 is 11.3 Å². The predicted octanol–water partition coefficient (Wildman–Crippen LogP) is 3.72. The van der Waals surface area contributed by atoms with Crippen LogP contribution < -0.4 is 5.56 Å². The number of thiophene rings is 1. The van der Waals surface area contributed by atoms with Gasteiger partial charge in [0.25, 0.3) is 5.56 Å². The van der Waals surface area contributed by atoms with E-state index in [1.807, 2.05) is 6.92 Å². The molecule has 0 aliphatic rings. The van der Waals surface area contributed by atoms with Gasteiger partial charge in [0.1, 0.15) is 10.6 Å². The van der Waals surface area contributed by atoms with Gasteiger partial charge < -0.3 is 0 Å². The Morgan fingerprint density at radius 3 is 2.57 bits per heavy atom. The van der Waals surface area contributed by atoms with Crippen LogP contribution in [0.3, 0.4) is 0 Å². The maximum absolute atomic E-state index is 13.2. The van der Waals surface area contributed by atoms with Gasteiger partial charge in [0.05, 0.1) is 17.8 Å². The van der Waals surface area contributed by atoms with Crippen LogP contribution in [0.5, 0.6) is 0 Å². The van der Waals surface area contributed by atoms with Crippen LogP contribution in [0.15, 0.2) is 35.4 Å². The maximum Gasteiger partial charge on any atom is 0.263 e. The minimum absolute atomic E-state index is 0.108. The SMILES string of the molecule is CC(=O)[C@@H](C)n1cnc2sc(C)c(-c3ccc(F)cc3)c2c1=O. The van der Waals surface area contributed by atoms with Crippen molar-refractivity contribution in [2.45, 2.75) is 26.8 Å². The summed E-state index contributed by atoms with van der Waals surface area (Å²) >= 11 is 1.42. The van der Waals surface area contributed by atoms with E-state index in [0.717, 1.165) is 16.0 Å². The topological polar surface area (TPSA) is 52.0 Å². The Morgan fingerprint density at radius 1 is 1.30 bits per heavy atom. The molecule has 3 aromatic rings. The van der Waals surface area contributed by atoms with Crippen LogP contribution in [-0.2, 0) is 4.79 Å².